The smallest absolute Gasteiger partial charge is 0.338 e. The van der Waals surface area contributed by atoms with Crippen LogP contribution < -0.4 is 11.1 Å². The lowest BCUT2D eigenvalue weighted by Gasteiger charge is -2.57. The summed E-state index contributed by atoms with van der Waals surface area (Å²) >= 11 is 0. The van der Waals surface area contributed by atoms with E-state index in [0.717, 1.165) is 5.56 Å². The summed E-state index contributed by atoms with van der Waals surface area (Å²) in [6.07, 6.45) is 0.459. The maximum absolute atomic E-state index is 12.7. The Labute approximate surface area is 154 Å². The van der Waals surface area contributed by atoms with E-state index in [9.17, 15) is 9.59 Å². The monoisotopic (exact) mass is 370 g/mol. The number of amides is 1. The average molecular weight is 371 g/mol. The summed E-state index contributed by atoms with van der Waals surface area (Å²) in [4.78, 5) is 24.3. The van der Waals surface area contributed by atoms with Crippen LogP contribution in [-0.4, -0.2) is 37.2 Å². The molecule has 25 heavy (non-hydrogen) atoms. The normalized spacial score (nSPS) is 23.8. The molecule has 0 bridgehead atoms. The van der Waals surface area contributed by atoms with Crippen LogP contribution in [0.15, 0.2) is 18.2 Å². The van der Waals surface area contributed by atoms with Crippen LogP contribution in [0.4, 0.5) is 5.69 Å². The van der Waals surface area contributed by atoms with Crippen LogP contribution in [0.1, 0.15) is 43.1 Å². The zero-order valence-electron chi connectivity index (χ0n) is 15.3. The Hall–Kier alpha value is -1.63. The van der Waals surface area contributed by atoms with Crippen molar-refractivity contribution in [3.05, 3.63) is 29.3 Å². The fraction of sp³-hybridized carbons (Fsp3) is 0.556. The Morgan fingerprint density at radius 2 is 2.00 bits per heavy atom. The predicted octanol–water partition coefficient (Wildman–Crippen LogP) is 2.67. The molecule has 0 heterocycles. The van der Waals surface area contributed by atoms with E-state index >= 15 is 0 Å². The third kappa shape index (κ3) is 3.66. The molecule has 2 unspecified atom stereocenters. The van der Waals surface area contributed by atoms with Gasteiger partial charge >= 0.3 is 5.97 Å². The van der Waals surface area contributed by atoms with E-state index in [0.29, 0.717) is 24.3 Å². The Morgan fingerprint density at radius 3 is 2.48 bits per heavy atom. The first-order chi connectivity index (χ1) is 11.2. The van der Waals surface area contributed by atoms with Crippen molar-refractivity contribution in [2.45, 2.75) is 45.8 Å². The highest BCUT2D eigenvalue weighted by Gasteiger charge is 2.62. The number of anilines is 1. The topological polar surface area (TPSA) is 90.6 Å². The molecule has 6 nitrogen and oxygen atoms in total. The number of hydrogen-bond donors (Lipinski definition) is 2. The van der Waals surface area contributed by atoms with Crippen molar-refractivity contribution in [1.29, 1.82) is 0 Å². The molecule has 1 aliphatic rings. The van der Waals surface area contributed by atoms with Gasteiger partial charge in [0.1, 0.15) is 5.54 Å². The van der Waals surface area contributed by atoms with E-state index in [-0.39, 0.29) is 24.4 Å². The second kappa shape index (κ2) is 7.72. The van der Waals surface area contributed by atoms with Crippen LogP contribution in [-0.2, 0) is 14.3 Å². The second-order valence-electron chi connectivity index (χ2n) is 6.82. The zero-order valence-corrected chi connectivity index (χ0v) is 16.2. The van der Waals surface area contributed by atoms with Gasteiger partial charge in [0.05, 0.1) is 18.8 Å². The molecular formula is C18H27ClN2O4. The van der Waals surface area contributed by atoms with Gasteiger partial charge in [0.15, 0.2) is 0 Å². The van der Waals surface area contributed by atoms with E-state index in [1.54, 1.807) is 25.1 Å². The van der Waals surface area contributed by atoms with Crippen molar-refractivity contribution >= 4 is 30.0 Å². The van der Waals surface area contributed by atoms with Gasteiger partial charge in [0, 0.05) is 24.1 Å². The number of carbonyl (C=O) groups excluding carboxylic acids is 2. The third-order valence-corrected chi connectivity index (χ3v) is 5.12. The quantitative estimate of drug-likeness (QED) is 0.777. The van der Waals surface area contributed by atoms with E-state index in [2.05, 4.69) is 5.32 Å². The number of aryl methyl sites for hydroxylation is 1. The van der Waals surface area contributed by atoms with Gasteiger partial charge < -0.3 is 20.5 Å². The molecule has 3 N–H and O–H groups in total. The molecule has 7 heteroatoms. The number of esters is 1. The highest BCUT2D eigenvalue weighted by atomic mass is 35.5. The lowest BCUT2D eigenvalue weighted by atomic mass is 9.54. The van der Waals surface area contributed by atoms with E-state index in [1.165, 1.54) is 7.11 Å². The lowest BCUT2D eigenvalue weighted by Crippen LogP contribution is -2.74. The summed E-state index contributed by atoms with van der Waals surface area (Å²) in [5, 5.41) is 2.86. The Bertz CT molecular complexity index is 662. The first kappa shape index (κ1) is 21.4. The van der Waals surface area contributed by atoms with Crippen molar-refractivity contribution in [3.8, 4) is 0 Å². The van der Waals surface area contributed by atoms with Crippen LogP contribution in [0.25, 0.3) is 0 Å². The van der Waals surface area contributed by atoms with Crippen LogP contribution in [0.3, 0.4) is 0 Å². The minimum atomic E-state index is -0.984. The summed E-state index contributed by atoms with van der Waals surface area (Å²) in [6, 6.07) is 5.04. The molecule has 140 valence electrons. The molecule has 0 aromatic heterocycles. The van der Waals surface area contributed by atoms with E-state index in [1.807, 2.05) is 20.8 Å². The van der Waals surface area contributed by atoms with Crippen molar-refractivity contribution in [3.63, 3.8) is 0 Å². The maximum Gasteiger partial charge on any atom is 0.338 e. The summed E-state index contributed by atoms with van der Waals surface area (Å²) in [5.41, 5.74) is 6.73. The molecule has 0 radical (unpaired) electrons. The van der Waals surface area contributed by atoms with Gasteiger partial charge in [0.2, 0.25) is 5.91 Å². The molecule has 1 aromatic rings. The SMILES string of the molecule is CCOC1CC(N)(C(=O)Nc2ccc(C(=O)OC)c(C)c2)C1(C)C.Cl. The molecule has 1 fully saturated rings. The summed E-state index contributed by atoms with van der Waals surface area (Å²) in [6.45, 7) is 8.21. The standard InChI is InChI=1S/C18H26N2O4.ClH/c1-6-24-14-10-18(19,17(14,3)4)16(22)20-12-7-8-13(11(2)9-12)15(21)23-5;/h7-9,14H,6,10,19H2,1-5H3,(H,20,22);1H. The number of rotatable bonds is 5. The summed E-state index contributed by atoms with van der Waals surface area (Å²) in [5.74, 6) is -0.644. The Morgan fingerprint density at radius 1 is 1.36 bits per heavy atom. The molecule has 1 aromatic carbocycles. The van der Waals surface area contributed by atoms with Crippen molar-refractivity contribution in [1.82, 2.24) is 0 Å². The van der Waals surface area contributed by atoms with Gasteiger partial charge in [0.25, 0.3) is 0 Å². The fourth-order valence-electron chi connectivity index (χ4n) is 3.14. The van der Waals surface area contributed by atoms with Crippen LogP contribution in [0.2, 0.25) is 0 Å². The van der Waals surface area contributed by atoms with E-state index in [4.69, 9.17) is 15.2 Å². The number of nitrogens with one attached hydrogen (secondary N) is 1. The molecule has 2 atom stereocenters. The van der Waals surface area contributed by atoms with Crippen LogP contribution in [0.5, 0.6) is 0 Å². The van der Waals surface area contributed by atoms with E-state index < -0.39 is 16.9 Å². The van der Waals surface area contributed by atoms with Crippen molar-refractivity contribution in [2.24, 2.45) is 11.1 Å². The molecule has 0 saturated heterocycles. The first-order valence-corrected chi connectivity index (χ1v) is 8.08. The lowest BCUT2D eigenvalue weighted by molar-refractivity contribution is -0.166. The molecule has 1 aliphatic carbocycles. The number of carbonyl (C=O) groups is 2. The Balaban J connectivity index is 0.00000312. The number of ether oxygens (including phenoxy) is 2. The predicted molar refractivity (Wildman–Crippen MR) is 99.1 cm³/mol. The first-order valence-electron chi connectivity index (χ1n) is 8.08. The second-order valence-corrected chi connectivity index (χ2v) is 6.82. The molecule has 1 saturated carbocycles. The molecule has 2 rings (SSSR count). The minimum Gasteiger partial charge on any atom is -0.465 e. The maximum atomic E-state index is 12.7. The number of benzene rings is 1. The highest BCUT2D eigenvalue weighted by Crippen LogP contribution is 2.50. The molecule has 1 amide bonds. The summed E-state index contributed by atoms with van der Waals surface area (Å²) < 4.78 is 10.4. The van der Waals surface area contributed by atoms with Gasteiger partial charge in [-0.25, -0.2) is 4.79 Å². The fourth-order valence-corrected chi connectivity index (χ4v) is 3.14. The zero-order chi connectivity index (χ0) is 18.1. The molecule has 0 spiro atoms. The number of halogens is 1. The molecular weight excluding hydrogens is 344 g/mol. The third-order valence-electron chi connectivity index (χ3n) is 5.12. The van der Waals surface area contributed by atoms with Gasteiger partial charge in [-0.15, -0.1) is 12.4 Å². The average Bonchev–Trinajstić information content (AvgIpc) is 2.53. The number of methoxy groups -OCH3 is 1. The van der Waals surface area contributed by atoms with Gasteiger partial charge in [-0.1, -0.05) is 13.8 Å². The van der Waals surface area contributed by atoms with Crippen LogP contribution in [0, 0.1) is 12.3 Å². The van der Waals surface area contributed by atoms with Crippen molar-refractivity contribution in [2.75, 3.05) is 19.0 Å². The minimum absolute atomic E-state index is 0. The van der Waals surface area contributed by atoms with Crippen molar-refractivity contribution < 1.29 is 19.1 Å². The van der Waals surface area contributed by atoms with Gasteiger partial charge in [-0.3, -0.25) is 4.79 Å². The number of hydrogen-bond acceptors (Lipinski definition) is 5. The summed E-state index contributed by atoms with van der Waals surface area (Å²) in [7, 11) is 1.34. The molecule has 0 aliphatic heterocycles. The Kier molecular flexibility index (Phi) is 6.61. The van der Waals surface area contributed by atoms with Crippen LogP contribution >= 0.6 is 12.4 Å². The highest BCUT2D eigenvalue weighted by molar-refractivity contribution is 6.00. The largest absolute Gasteiger partial charge is 0.465 e. The van der Waals surface area contributed by atoms with Gasteiger partial charge in [-0.05, 0) is 37.6 Å². The number of nitrogens with two attached hydrogens (primary N) is 1. The van der Waals surface area contributed by atoms with Gasteiger partial charge in [-0.2, -0.15) is 0 Å².